The van der Waals surface area contributed by atoms with Gasteiger partial charge >= 0.3 is 5.97 Å². The van der Waals surface area contributed by atoms with Gasteiger partial charge in [0, 0.05) is 6.08 Å². The maximum Gasteiger partial charge on any atom is 0.330 e. The Kier molecular flexibility index (Phi) is 6.50. The van der Waals surface area contributed by atoms with E-state index in [1.807, 2.05) is 18.2 Å². The summed E-state index contributed by atoms with van der Waals surface area (Å²) in [5.41, 5.74) is 1.19. The molecule has 0 aromatic heterocycles. The lowest BCUT2D eigenvalue weighted by molar-refractivity contribution is -0.137. The van der Waals surface area contributed by atoms with Gasteiger partial charge in [0.25, 0.3) is 0 Å². The fraction of sp³-hybridized carbons (Fsp3) is 0.400. The van der Waals surface area contributed by atoms with Crippen LogP contribution in [0.2, 0.25) is 0 Å². The van der Waals surface area contributed by atoms with E-state index in [9.17, 15) is 4.79 Å². The molecule has 0 aliphatic carbocycles. The quantitative estimate of drug-likeness (QED) is 0.561. The van der Waals surface area contributed by atoms with E-state index >= 15 is 0 Å². The molecule has 0 fully saturated rings. The molecule has 1 aromatic rings. The lowest BCUT2D eigenvalue weighted by Gasteiger charge is -2.10. The van der Waals surface area contributed by atoms with Crippen molar-refractivity contribution in [2.45, 2.75) is 20.3 Å². The van der Waals surface area contributed by atoms with Gasteiger partial charge in [-0.1, -0.05) is 13.0 Å². The summed E-state index contributed by atoms with van der Waals surface area (Å²) in [5, 5.41) is 0. The second-order valence-corrected chi connectivity index (χ2v) is 3.80. The SMILES string of the molecule is CCOC(=O)/C=C/COc1ccc(CC)cc1OC. The predicted molar refractivity (Wildman–Crippen MR) is 73.6 cm³/mol. The molecule has 0 radical (unpaired) electrons. The number of hydrogen-bond acceptors (Lipinski definition) is 4. The highest BCUT2D eigenvalue weighted by Gasteiger charge is 2.04. The summed E-state index contributed by atoms with van der Waals surface area (Å²) >= 11 is 0. The Morgan fingerprint density at radius 2 is 2.05 bits per heavy atom. The number of carbonyl (C=O) groups is 1. The van der Waals surface area contributed by atoms with Crippen molar-refractivity contribution in [3.63, 3.8) is 0 Å². The molecule has 0 bridgehead atoms. The second-order valence-electron chi connectivity index (χ2n) is 3.80. The summed E-state index contributed by atoms with van der Waals surface area (Å²) in [6.07, 6.45) is 3.92. The van der Waals surface area contributed by atoms with Crippen LogP contribution >= 0.6 is 0 Å². The van der Waals surface area contributed by atoms with Gasteiger partial charge in [-0.3, -0.25) is 0 Å². The number of ether oxygens (including phenoxy) is 3. The third kappa shape index (κ3) is 5.04. The van der Waals surface area contributed by atoms with Crippen LogP contribution in [0, 0.1) is 0 Å². The van der Waals surface area contributed by atoms with Gasteiger partial charge in [-0.05, 0) is 37.1 Å². The third-order valence-corrected chi connectivity index (χ3v) is 2.51. The Hall–Kier alpha value is -1.97. The van der Waals surface area contributed by atoms with E-state index < -0.39 is 0 Å². The minimum Gasteiger partial charge on any atom is -0.493 e. The van der Waals surface area contributed by atoms with E-state index in [0.717, 1.165) is 6.42 Å². The number of rotatable bonds is 7. The predicted octanol–water partition coefficient (Wildman–Crippen LogP) is 2.76. The molecule has 0 saturated carbocycles. The Morgan fingerprint density at radius 3 is 2.68 bits per heavy atom. The zero-order valence-corrected chi connectivity index (χ0v) is 11.6. The smallest absolute Gasteiger partial charge is 0.330 e. The van der Waals surface area contributed by atoms with Gasteiger partial charge in [-0.2, -0.15) is 0 Å². The van der Waals surface area contributed by atoms with Crippen LogP contribution < -0.4 is 9.47 Å². The van der Waals surface area contributed by atoms with Gasteiger partial charge in [0.15, 0.2) is 11.5 Å². The maximum absolute atomic E-state index is 11.1. The Bertz CT molecular complexity index is 438. The van der Waals surface area contributed by atoms with E-state index in [0.29, 0.717) is 24.7 Å². The zero-order chi connectivity index (χ0) is 14.1. The van der Waals surface area contributed by atoms with E-state index in [4.69, 9.17) is 14.2 Å². The van der Waals surface area contributed by atoms with Gasteiger partial charge in [0.1, 0.15) is 6.61 Å². The number of benzene rings is 1. The summed E-state index contributed by atoms with van der Waals surface area (Å²) in [5.74, 6) is 0.997. The molecule has 4 nitrogen and oxygen atoms in total. The molecule has 4 heteroatoms. The van der Waals surface area contributed by atoms with Crippen molar-refractivity contribution in [2.24, 2.45) is 0 Å². The molecule has 0 unspecified atom stereocenters. The van der Waals surface area contributed by atoms with Crippen LogP contribution in [0.25, 0.3) is 0 Å². The molecule has 0 aliphatic rings. The largest absolute Gasteiger partial charge is 0.493 e. The first-order valence-corrected chi connectivity index (χ1v) is 6.34. The molecule has 0 aliphatic heterocycles. The molecule has 0 amide bonds. The molecule has 19 heavy (non-hydrogen) atoms. The van der Waals surface area contributed by atoms with Crippen molar-refractivity contribution in [3.05, 3.63) is 35.9 Å². The fourth-order valence-corrected chi connectivity index (χ4v) is 1.52. The van der Waals surface area contributed by atoms with Crippen molar-refractivity contribution >= 4 is 5.97 Å². The molecule has 0 N–H and O–H groups in total. The monoisotopic (exact) mass is 264 g/mol. The Morgan fingerprint density at radius 1 is 1.26 bits per heavy atom. The Labute approximate surface area is 114 Å². The highest BCUT2D eigenvalue weighted by Crippen LogP contribution is 2.28. The number of carbonyl (C=O) groups excluding carboxylic acids is 1. The van der Waals surface area contributed by atoms with E-state index in [2.05, 4.69) is 6.92 Å². The average Bonchev–Trinajstić information content (AvgIpc) is 2.44. The summed E-state index contributed by atoms with van der Waals surface area (Å²) in [6.45, 7) is 4.51. The van der Waals surface area contributed by atoms with Crippen LogP contribution in [0.4, 0.5) is 0 Å². The first kappa shape index (κ1) is 15.1. The van der Waals surface area contributed by atoms with Crippen LogP contribution in [-0.2, 0) is 16.0 Å². The van der Waals surface area contributed by atoms with E-state index in [1.165, 1.54) is 11.6 Å². The molecule has 0 saturated heterocycles. The van der Waals surface area contributed by atoms with Gasteiger partial charge in [0.05, 0.1) is 13.7 Å². The Balaban J connectivity index is 2.55. The number of methoxy groups -OCH3 is 1. The van der Waals surface area contributed by atoms with Crippen LogP contribution in [-0.4, -0.2) is 26.3 Å². The van der Waals surface area contributed by atoms with E-state index in [1.54, 1.807) is 20.1 Å². The minimum absolute atomic E-state index is 0.292. The van der Waals surface area contributed by atoms with E-state index in [-0.39, 0.29) is 5.97 Å². The summed E-state index contributed by atoms with van der Waals surface area (Å²) in [6, 6.07) is 5.81. The van der Waals surface area contributed by atoms with Crippen LogP contribution in [0.1, 0.15) is 19.4 Å². The molecule has 104 valence electrons. The minimum atomic E-state index is -0.362. The number of aryl methyl sites for hydroxylation is 1. The lowest BCUT2D eigenvalue weighted by atomic mass is 10.1. The number of esters is 1. The molecular weight excluding hydrogens is 244 g/mol. The van der Waals surface area contributed by atoms with Crippen molar-refractivity contribution in [3.8, 4) is 11.5 Å². The molecular formula is C15H20O4. The van der Waals surface area contributed by atoms with Crippen LogP contribution in [0.15, 0.2) is 30.4 Å². The van der Waals surface area contributed by atoms with Crippen LogP contribution in [0.3, 0.4) is 0 Å². The topological polar surface area (TPSA) is 44.8 Å². The van der Waals surface area contributed by atoms with Gasteiger partial charge < -0.3 is 14.2 Å². The number of hydrogen-bond donors (Lipinski definition) is 0. The van der Waals surface area contributed by atoms with Gasteiger partial charge in [-0.15, -0.1) is 0 Å². The van der Waals surface area contributed by atoms with Crippen LogP contribution in [0.5, 0.6) is 11.5 Å². The molecule has 0 spiro atoms. The standard InChI is InChI=1S/C15H20O4/c1-4-12-8-9-13(14(11-12)17-3)19-10-6-7-15(16)18-5-2/h6-9,11H,4-5,10H2,1-3H3/b7-6+. The van der Waals surface area contributed by atoms with Crippen molar-refractivity contribution < 1.29 is 19.0 Å². The molecule has 0 heterocycles. The third-order valence-electron chi connectivity index (χ3n) is 2.51. The molecule has 0 atom stereocenters. The summed E-state index contributed by atoms with van der Waals surface area (Å²) in [4.78, 5) is 11.1. The highest BCUT2D eigenvalue weighted by atomic mass is 16.5. The van der Waals surface area contributed by atoms with Gasteiger partial charge in [-0.25, -0.2) is 4.79 Å². The fourth-order valence-electron chi connectivity index (χ4n) is 1.52. The van der Waals surface area contributed by atoms with Crippen molar-refractivity contribution in [1.82, 2.24) is 0 Å². The van der Waals surface area contributed by atoms with Gasteiger partial charge in [0.2, 0.25) is 0 Å². The normalized spacial score (nSPS) is 10.5. The maximum atomic E-state index is 11.1. The lowest BCUT2D eigenvalue weighted by Crippen LogP contribution is -2.01. The first-order valence-electron chi connectivity index (χ1n) is 6.34. The first-order chi connectivity index (χ1) is 9.21. The average molecular weight is 264 g/mol. The summed E-state index contributed by atoms with van der Waals surface area (Å²) < 4.78 is 15.6. The molecule has 1 rings (SSSR count). The zero-order valence-electron chi connectivity index (χ0n) is 11.6. The molecule has 1 aromatic carbocycles. The summed E-state index contributed by atoms with van der Waals surface area (Å²) in [7, 11) is 1.61. The van der Waals surface area contributed by atoms with Crippen molar-refractivity contribution in [2.75, 3.05) is 20.3 Å². The van der Waals surface area contributed by atoms with Crippen molar-refractivity contribution in [1.29, 1.82) is 0 Å². The second kappa shape index (κ2) is 8.19. The highest BCUT2D eigenvalue weighted by molar-refractivity contribution is 5.81.